The van der Waals surface area contributed by atoms with Crippen LogP contribution in [0, 0.1) is 0 Å². The predicted molar refractivity (Wildman–Crippen MR) is 66.0 cm³/mol. The Morgan fingerprint density at radius 1 is 1.29 bits per heavy atom. The van der Waals surface area contributed by atoms with Crippen LogP contribution in [0.4, 0.5) is 0 Å². The van der Waals surface area contributed by atoms with Crippen molar-refractivity contribution in [1.29, 1.82) is 0 Å². The summed E-state index contributed by atoms with van der Waals surface area (Å²) in [7, 11) is 1.65. The van der Waals surface area contributed by atoms with Gasteiger partial charge in [-0.3, -0.25) is 4.79 Å². The minimum absolute atomic E-state index is 0.215. The fraction of sp³-hybridized carbons (Fsp3) is 0.917. The van der Waals surface area contributed by atoms with Crippen molar-refractivity contribution in [3.8, 4) is 0 Å². The molecule has 1 unspecified atom stereocenters. The molecule has 0 aliphatic heterocycles. The van der Waals surface area contributed by atoms with Gasteiger partial charge in [0.25, 0.3) is 0 Å². The number of ether oxygens (including phenoxy) is 3. The highest BCUT2D eigenvalue weighted by Gasteiger charge is 2.20. The molecule has 0 spiro atoms. The summed E-state index contributed by atoms with van der Waals surface area (Å²) in [6, 6.07) is -0.176. The van der Waals surface area contributed by atoms with Gasteiger partial charge in [-0.25, -0.2) is 0 Å². The highest BCUT2D eigenvalue weighted by Crippen LogP contribution is 1.95. The van der Waals surface area contributed by atoms with Gasteiger partial charge in [0.2, 0.25) is 0 Å². The Bertz CT molecular complexity index is 197. The van der Waals surface area contributed by atoms with Crippen LogP contribution in [0.2, 0.25) is 0 Å². The summed E-state index contributed by atoms with van der Waals surface area (Å²) >= 11 is 0. The summed E-state index contributed by atoms with van der Waals surface area (Å²) in [5.74, 6) is -0.257. The zero-order valence-electron chi connectivity index (χ0n) is 11.3. The standard InChI is InChI=1S/C12H25NO4/c1-5-17-12(14)11(13-10(2)3)9-16-8-6-7-15-4/h10-11,13H,5-9H2,1-4H3. The van der Waals surface area contributed by atoms with E-state index in [-0.39, 0.29) is 12.0 Å². The van der Waals surface area contributed by atoms with Gasteiger partial charge < -0.3 is 19.5 Å². The molecule has 0 aromatic carbocycles. The second kappa shape index (κ2) is 10.5. The SMILES string of the molecule is CCOC(=O)C(COCCCOC)NC(C)C. The summed E-state index contributed by atoms with van der Waals surface area (Å²) in [6.45, 7) is 7.74. The molecule has 0 amide bonds. The molecule has 0 rings (SSSR count). The molecule has 1 atom stereocenters. The lowest BCUT2D eigenvalue weighted by molar-refractivity contribution is -0.147. The molecule has 0 aliphatic carbocycles. The minimum Gasteiger partial charge on any atom is -0.465 e. The van der Waals surface area contributed by atoms with Crippen molar-refractivity contribution in [3.05, 3.63) is 0 Å². The summed E-state index contributed by atoms with van der Waals surface area (Å²) in [6.07, 6.45) is 0.827. The van der Waals surface area contributed by atoms with Crippen molar-refractivity contribution in [2.24, 2.45) is 0 Å². The molecule has 0 saturated heterocycles. The molecule has 0 aliphatic rings. The van der Waals surface area contributed by atoms with Crippen LogP contribution < -0.4 is 5.32 Å². The number of nitrogens with one attached hydrogen (secondary N) is 1. The molecule has 5 heteroatoms. The second-order valence-corrected chi connectivity index (χ2v) is 4.05. The topological polar surface area (TPSA) is 56.8 Å². The third-order valence-electron chi connectivity index (χ3n) is 2.03. The van der Waals surface area contributed by atoms with E-state index in [1.165, 1.54) is 0 Å². The van der Waals surface area contributed by atoms with Gasteiger partial charge in [0.15, 0.2) is 0 Å². The third-order valence-corrected chi connectivity index (χ3v) is 2.03. The van der Waals surface area contributed by atoms with Crippen LogP contribution in [0.15, 0.2) is 0 Å². The van der Waals surface area contributed by atoms with Crippen LogP contribution in [0.5, 0.6) is 0 Å². The Morgan fingerprint density at radius 3 is 2.53 bits per heavy atom. The maximum Gasteiger partial charge on any atom is 0.325 e. The van der Waals surface area contributed by atoms with Crippen molar-refractivity contribution in [2.45, 2.75) is 39.3 Å². The molecule has 0 saturated carbocycles. The molecule has 0 bridgehead atoms. The average molecular weight is 247 g/mol. The van der Waals surface area contributed by atoms with Gasteiger partial charge in [0, 0.05) is 26.4 Å². The first-order valence-electron chi connectivity index (χ1n) is 6.11. The van der Waals surface area contributed by atoms with Gasteiger partial charge in [-0.15, -0.1) is 0 Å². The molecule has 5 nitrogen and oxygen atoms in total. The Morgan fingerprint density at radius 2 is 2.00 bits per heavy atom. The number of carbonyl (C=O) groups is 1. The van der Waals surface area contributed by atoms with E-state index in [9.17, 15) is 4.79 Å². The van der Waals surface area contributed by atoms with Crippen molar-refractivity contribution >= 4 is 5.97 Å². The van der Waals surface area contributed by atoms with Crippen molar-refractivity contribution in [3.63, 3.8) is 0 Å². The summed E-state index contributed by atoms with van der Waals surface area (Å²) < 4.78 is 15.3. The Labute approximate surface area is 104 Å². The molecule has 0 aromatic rings. The van der Waals surface area contributed by atoms with E-state index in [0.29, 0.717) is 26.4 Å². The summed E-state index contributed by atoms with van der Waals surface area (Å²) in [5, 5.41) is 3.12. The molecule has 0 aromatic heterocycles. The van der Waals surface area contributed by atoms with Crippen molar-refractivity contribution in [1.82, 2.24) is 5.32 Å². The number of methoxy groups -OCH3 is 1. The van der Waals surface area contributed by atoms with Crippen LogP contribution in [0.1, 0.15) is 27.2 Å². The Hall–Kier alpha value is -0.650. The third kappa shape index (κ3) is 9.09. The van der Waals surface area contributed by atoms with Crippen LogP contribution >= 0.6 is 0 Å². The second-order valence-electron chi connectivity index (χ2n) is 4.05. The lowest BCUT2D eigenvalue weighted by atomic mass is 10.2. The van der Waals surface area contributed by atoms with Gasteiger partial charge in [-0.05, 0) is 13.3 Å². The van der Waals surface area contributed by atoms with Gasteiger partial charge in [0.1, 0.15) is 6.04 Å². The zero-order valence-corrected chi connectivity index (χ0v) is 11.3. The first-order valence-corrected chi connectivity index (χ1v) is 6.11. The number of hydrogen-bond acceptors (Lipinski definition) is 5. The van der Waals surface area contributed by atoms with E-state index in [1.54, 1.807) is 14.0 Å². The lowest BCUT2D eigenvalue weighted by Gasteiger charge is -2.19. The number of hydrogen-bond donors (Lipinski definition) is 1. The number of esters is 1. The highest BCUT2D eigenvalue weighted by atomic mass is 16.5. The normalized spacial score (nSPS) is 12.8. The smallest absolute Gasteiger partial charge is 0.325 e. The van der Waals surface area contributed by atoms with Gasteiger partial charge in [-0.1, -0.05) is 13.8 Å². The first-order chi connectivity index (χ1) is 8.11. The van der Waals surface area contributed by atoms with Crippen LogP contribution in [0.25, 0.3) is 0 Å². The van der Waals surface area contributed by atoms with Crippen molar-refractivity contribution in [2.75, 3.05) is 33.5 Å². The molecule has 0 fully saturated rings. The number of carbonyl (C=O) groups excluding carboxylic acids is 1. The van der Waals surface area contributed by atoms with Crippen LogP contribution in [-0.2, 0) is 19.0 Å². The molecular weight excluding hydrogens is 222 g/mol. The maximum atomic E-state index is 11.6. The molecule has 0 radical (unpaired) electrons. The predicted octanol–water partition coefficient (Wildman–Crippen LogP) is 0.969. The fourth-order valence-electron chi connectivity index (χ4n) is 1.34. The van der Waals surface area contributed by atoms with Gasteiger partial charge >= 0.3 is 5.97 Å². The summed E-state index contributed by atoms with van der Waals surface area (Å²) in [5.41, 5.74) is 0. The van der Waals surface area contributed by atoms with Gasteiger partial charge in [0.05, 0.1) is 13.2 Å². The molecule has 1 N–H and O–H groups in total. The minimum atomic E-state index is -0.391. The average Bonchev–Trinajstić information content (AvgIpc) is 2.27. The molecule has 0 heterocycles. The van der Waals surface area contributed by atoms with Gasteiger partial charge in [-0.2, -0.15) is 0 Å². The van der Waals surface area contributed by atoms with E-state index in [1.807, 2.05) is 13.8 Å². The van der Waals surface area contributed by atoms with Crippen LogP contribution in [-0.4, -0.2) is 51.6 Å². The monoisotopic (exact) mass is 247 g/mol. The molecule has 102 valence electrons. The summed E-state index contributed by atoms with van der Waals surface area (Å²) in [4.78, 5) is 11.6. The lowest BCUT2D eigenvalue weighted by Crippen LogP contribution is -2.45. The van der Waals surface area contributed by atoms with E-state index < -0.39 is 6.04 Å². The van der Waals surface area contributed by atoms with E-state index in [4.69, 9.17) is 14.2 Å². The van der Waals surface area contributed by atoms with E-state index in [0.717, 1.165) is 6.42 Å². The largest absolute Gasteiger partial charge is 0.465 e. The molecule has 17 heavy (non-hydrogen) atoms. The Balaban J connectivity index is 3.89. The van der Waals surface area contributed by atoms with E-state index in [2.05, 4.69) is 5.32 Å². The fourth-order valence-corrected chi connectivity index (χ4v) is 1.34. The van der Waals surface area contributed by atoms with Crippen molar-refractivity contribution < 1.29 is 19.0 Å². The number of rotatable bonds is 10. The molecular formula is C12H25NO4. The highest BCUT2D eigenvalue weighted by molar-refractivity contribution is 5.75. The Kier molecular flexibility index (Phi) is 10.1. The maximum absolute atomic E-state index is 11.6. The zero-order chi connectivity index (χ0) is 13.1. The van der Waals surface area contributed by atoms with E-state index >= 15 is 0 Å². The first kappa shape index (κ1) is 16.4. The quantitative estimate of drug-likeness (QED) is 0.460. The van der Waals surface area contributed by atoms with Crippen LogP contribution in [0.3, 0.4) is 0 Å².